The average molecular weight is 411 g/mol. The fourth-order valence-electron chi connectivity index (χ4n) is 3.44. The van der Waals surface area contributed by atoms with Crippen molar-refractivity contribution >= 4 is 27.3 Å². The maximum absolute atomic E-state index is 13.2. The standard InChI is InChI=1S/C20H24ClFN2O2S/c1-2-11-24-12-3-4-16-13-15(5-8-20(16)24)9-10-23-27(25,26)17-6-7-19(22)18(21)14-17/h5-8,13-14,23H,2-4,9-12H2,1H3. The molecule has 0 saturated heterocycles. The second-order valence-corrected chi connectivity index (χ2v) is 8.95. The molecule has 0 radical (unpaired) electrons. The van der Waals surface area contributed by atoms with Crippen LogP contribution in [0.2, 0.25) is 5.02 Å². The number of nitrogens with one attached hydrogen (secondary N) is 1. The average Bonchev–Trinajstić information content (AvgIpc) is 2.64. The number of nitrogens with zero attached hydrogens (tertiary/aromatic N) is 1. The normalized spacial score (nSPS) is 14.3. The minimum atomic E-state index is -3.71. The van der Waals surface area contributed by atoms with E-state index in [0.717, 1.165) is 50.0 Å². The summed E-state index contributed by atoms with van der Waals surface area (Å²) in [5.41, 5.74) is 3.74. The van der Waals surface area contributed by atoms with Crippen molar-refractivity contribution in [3.8, 4) is 0 Å². The number of anilines is 1. The number of sulfonamides is 1. The van der Waals surface area contributed by atoms with Crippen LogP contribution in [0.15, 0.2) is 41.3 Å². The first-order valence-corrected chi connectivity index (χ1v) is 11.1. The molecule has 27 heavy (non-hydrogen) atoms. The molecule has 1 N–H and O–H groups in total. The molecule has 2 aromatic rings. The summed E-state index contributed by atoms with van der Waals surface area (Å²) in [5.74, 6) is -0.637. The van der Waals surface area contributed by atoms with Crippen molar-refractivity contribution in [2.24, 2.45) is 0 Å². The van der Waals surface area contributed by atoms with E-state index < -0.39 is 15.8 Å². The van der Waals surface area contributed by atoms with Crippen LogP contribution >= 0.6 is 11.6 Å². The van der Waals surface area contributed by atoms with Crippen LogP contribution in [0, 0.1) is 5.82 Å². The Morgan fingerprint density at radius 1 is 1.22 bits per heavy atom. The first kappa shape index (κ1) is 20.1. The highest BCUT2D eigenvalue weighted by Gasteiger charge is 2.17. The van der Waals surface area contributed by atoms with Gasteiger partial charge in [0.25, 0.3) is 0 Å². The van der Waals surface area contributed by atoms with E-state index >= 15 is 0 Å². The highest BCUT2D eigenvalue weighted by molar-refractivity contribution is 7.89. The smallest absolute Gasteiger partial charge is 0.240 e. The van der Waals surface area contributed by atoms with Crippen molar-refractivity contribution in [2.75, 3.05) is 24.5 Å². The number of halogens is 2. The van der Waals surface area contributed by atoms with Crippen LogP contribution < -0.4 is 9.62 Å². The van der Waals surface area contributed by atoms with Gasteiger partial charge in [-0.3, -0.25) is 0 Å². The minimum Gasteiger partial charge on any atom is -0.371 e. The van der Waals surface area contributed by atoms with Crippen LogP contribution in [0.3, 0.4) is 0 Å². The highest BCUT2D eigenvalue weighted by Crippen LogP contribution is 2.28. The summed E-state index contributed by atoms with van der Waals surface area (Å²) in [5, 5.41) is -0.204. The third kappa shape index (κ3) is 4.81. The van der Waals surface area contributed by atoms with E-state index in [-0.39, 0.29) is 16.5 Å². The Bertz CT molecular complexity index is 918. The molecule has 0 spiro atoms. The Kier molecular flexibility index (Phi) is 6.40. The number of hydrogen-bond acceptors (Lipinski definition) is 3. The lowest BCUT2D eigenvalue weighted by atomic mass is 9.98. The van der Waals surface area contributed by atoms with Crippen molar-refractivity contribution in [2.45, 2.75) is 37.5 Å². The van der Waals surface area contributed by atoms with Gasteiger partial charge in [0.1, 0.15) is 5.82 Å². The first-order chi connectivity index (χ1) is 12.9. The van der Waals surface area contributed by atoms with Gasteiger partial charge in [-0.2, -0.15) is 0 Å². The molecule has 1 heterocycles. The van der Waals surface area contributed by atoms with Gasteiger partial charge >= 0.3 is 0 Å². The van der Waals surface area contributed by atoms with Gasteiger partial charge in [0.15, 0.2) is 0 Å². The molecule has 0 bridgehead atoms. The van der Waals surface area contributed by atoms with E-state index in [9.17, 15) is 12.8 Å². The van der Waals surface area contributed by atoms with Gasteiger partial charge in [0, 0.05) is 25.3 Å². The summed E-state index contributed by atoms with van der Waals surface area (Å²) >= 11 is 5.68. The molecule has 7 heteroatoms. The molecule has 2 aromatic carbocycles. The highest BCUT2D eigenvalue weighted by atomic mass is 35.5. The fourth-order valence-corrected chi connectivity index (χ4v) is 4.75. The largest absolute Gasteiger partial charge is 0.371 e. The Labute approximate surface area is 165 Å². The van der Waals surface area contributed by atoms with E-state index in [2.05, 4.69) is 34.7 Å². The summed E-state index contributed by atoms with van der Waals surface area (Å²) in [6.45, 7) is 4.62. The van der Waals surface area contributed by atoms with E-state index in [1.807, 2.05) is 0 Å². The number of benzene rings is 2. The van der Waals surface area contributed by atoms with Crippen LogP contribution in [0.4, 0.5) is 10.1 Å². The lowest BCUT2D eigenvalue weighted by Crippen LogP contribution is -2.30. The van der Waals surface area contributed by atoms with Crippen molar-refractivity contribution in [3.63, 3.8) is 0 Å². The van der Waals surface area contributed by atoms with Gasteiger partial charge in [0.05, 0.1) is 9.92 Å². The SMILES string of the molecule is CCCN1CCCc2cc(CCNS(=O)(=O)c3ccc(F)c(Cl)c3)ccc21. The van der Waals surface area contributed by atoms with Gasteiger partial charge in [-0.1, -0.05) is 30.7 Å². The van der Waals surface area contributed by atoms with Gasteiger partial charge in [-0.15, -0.1) is 0 Å². The number of hydrogen-bond donors (Lipinski definition) is 1. The molecule has 3 rings (SSSR count). The third-order valence-corrected chi connectivity index (χ3v) is 6.51. The second kappa shape index (κ2) is 8.59. The zero-order chi connectivity index (χ0) is 19.4. The molecule has 0 amide bonds. The van der Waals surface area contributed by atoms with Gasteiger partial charge in [0.2, 0.25) is 10.0 Å². The Morgan fingerprint density at radius 3 is 2.78 bits per heavy atom. The molecule has 4 nitrogen and oxygen atoms in total. The Morgan fingerprint density at radius 2 is 2.04 bits per heavy atom. The van der Waals surface area contributed by atoms with E-state index in [1.54, 1.807) is 0 Å². The van der Waals surface area contributed by atoms with E-state index in [1.165, 1.54) is 17.3 Å². The maximum Gasteiger partial charge on any atom is 0.240 e. The molecule has 1 aliphatic rings. The predicted octanol–water partition coefficient (Wildman–Crippen LogP) is 4.16. The summed E-state index contributed by atoms with van der Waals surface area (Å²) in [6, 6.07) is 9.79. The molecular weight excluding hydrogens is 387 g/mol. The summed E-state index contributed by atoms with van der Waals surface area (Å²) < 4.78 is 40.5. The van der Waals surface area contributed by atoms with Gasteiger partial charge in [-0.25, -0.2) is 17.5 Å². The lowest BCUT2D eigenvalue weighted by molar-refractivity contribution is 0.580. The number of fused-ring (bicyclic) bond motifs is 1. The molecule has 0 saturated carbocycles. The van der Waals surface area contributed by atoms with Gasteiger partial charge in [-0.05, 0) is 61.1 Å². The van der Waals surface area contributed by atoms with Crippen molar-refractivity contribution in [3.05, 3.63) is 58.4 Å². The predicted molar refractivity (Wildman–Crippen MR) is 108 cm³/mol. The maximum atomic E-state index is 13.2. The minimum absolute atomic E-state index is 0.0328. The third-order valence-electron chi connectivity index (χ3n) is 4.76. The van der Waals surface area contributed by atoms with Crippen molar-refractivity contribution in [1.29, 1.82) is 0 Å². The van der Waals surface area contributed by atoms with Gasteiger partial charge < -0.3 is 4.90 Å². The Balaban J connectivity index is 1.64. The van der Waals surface area contributed by atoms with E-state index in [0.29, 0.717) is 6.42 Å². The van der Waals surface area contributed by atoms with Crippen LogP contribution in [-0.4, -0.2) is 28.1 Å². The lowest BCUT2D eigenvalue weighted by Gasteiger charge is -2.31. The zero-order valence-electron chi connectivity index (χ0n) is 15.3. The van der Waals surface area contributed by atoms with Crippen molar-refractivity contribution in [1.82, 2.24) is 4.72 Å². The van der Waals surface area contributed by atoms with Crippen molar-refractivity contribution < 1.29 is 12.8 Å². The topological polar surface area (TPSA) is 49.4 Å². The first-order valence-electron chi connectivity index (χ1n) is 9.22. The van der Waals surface area contributed by atoms with E-state index in [4.69, 9.17) is 11.6 Å². The Hall–Kier alpha value is -1.63. The molecule has 1 aliphatic heterocycles. The second-order valence-electron chi connectivity index (χ2n) is 6.78. The van der Waals surface area contributed by atoms with Crippen LogP contribution in [0.5, 0.6) is 0 Å². The summed E-state index contributed by atoms with van der Waals surface area (Å²) in [7, 11) is -3.71. The molecule has 0 atom stereocenters. The molecule has 0 aliphatic carbocycles. The van der Waals surface area contributed by atoms with Crippen LogP contribution in [0.25, 0.3) is 0 Å². The summed E-state index contributed by atoms with van der Waals surface area (Å²) in [6.07, 6.45) is 3.92. The van der Waals surface area contributed by atoms with Crippen LogP contribution in [-0.2, 0) is 22.9 Å². The molecular formula is C20H24ClFN2O2S. The fraction of sp³-hybridized carbons (Fsp3) is 0.400. The quantitative estimate of drug-likeness (QED) is 0.745. The zero-order valence-corrected chi connectivity index (χ0v) is 16.9. The van der Waals surface area contributed by atoms with Crippen LogP contribution in [0.1, 0.15) is 30.9 Å². The number of aryl methyl sites for hydroxylation is 1. The number of rotatable bonds is 7. The monoisotopic (exact) mass is 410 g/mol. The molecule has 0 unspecified atom stereocenters. The molecule has 0 aromatic heterocycles. The summed E-state index contributed by atoms with van der Waals surface area (Å²) in [4.78, 5) is 2.39. The molecule has 146 valence electrons. The molecule has 0 fully saturated rings.